The van der Waals surface area contributed by atoms with Gasteiger partial charge in [-0.3, -0.25) is 9.59 Å². The highest BCUT2D eigenvalue weighted by Gasteiger charge is 2.21. The van der Waals surface area contributed by atoms with E-state index in [0.717, 1.165) is 47.5 Å². The first-order valence-electron chi connectivity index (χ1n) is 10.6. The molecule has 0 unspecified atom stereocenters. The van der Waals surface area contributed by atoms with Crippen molar-refractivity contribution in [3.63, 3.8) is 0 Å². The van der Waals surface area contributed by atoms with Gasteiger partial charge in [0.05, 0.1) is 11.4 Å². The van der Waals surface area contributed by atoms with Gasteiger partial charge in [0.1, 0.15) is 0 Å². The van der Waals surface area contributed by atoms with Crippen LogP contribution in [0.5, 0.6) is 0 Å². The zero-order chi connectivity index (χ0) is 22.3. The van der Waals surface area contributed by atoms with Gasteiger partial charge < -0.3 is 10.6 Å². The summed E-state index contributed by atoms with van der Waals surface area (Å²) >= 11 is 8.75. The van der Waals surface area contributed by atoms with E-state index in [0.29, 0.717) is 10.2 Å². The number of carbonyl (C=O) groups excluding carboxylic acids is 2. The van der Waals surface area contributed by atoms with E-state index in [1.165, 1.54) is 29.5 Å². The molecule has 4 rings (SSSR count). The van der Waals surface area contributed by atoms with Gasteiger partial charge in [-0.2, -0.15) is 0 Å². The van der Waals surface area contributed by atoms with Crippen LogP contribution in [0.1, 0.15) is 32.1 Å². The van der Waals surface area contributed by atoms with E-state index < -0.39 is 0 Å². The molecule has 3 aromatic rings. The zero-order valence-electron chi connectivity index (χ0n) is 17.5. The van der Waals surface area contributed by atoms with Crippen molar-refractivity contribution in [3.05, 3.63) is 58.9 Å². The monoisotopic (exact) mass is 485 g/mol. The van der Waals surface area contributed by atoms with E-state index in [9.17, 15) is 9.59 Å². The Hall–Kier alpha value is -2.35. The number of rotatable bonds is 7. The number of aromatic nitrogens is 1. The molecule has 5 nitrogen and oxygen atoms in total. The number of hydrogen-bond donors (Lipinski definition) is 2. The number of thioether (sulfide) groups is 1. The van der Waals surface area contributed by atoms with Crippen LogP contribution in [-0.2, 0) is 9.59 Å². The van der Waals surface area contributed by atoms with E-state index in [-0.39, 0.29) is 23.5 Å². The summed E-state index contributed by atoms with van der Waals surface area (Å²) in [5, 5.41) is 9.03. The molecule has 1 saturated carbocycles. The summed E-state index contributed by atoms with van der Waals surface area (Å²) < 4.78 is 0. The first-order valence-corrected chi connectivity index (χ1v) is 12.9. The van der Waals surface area contributed by atoms with Crippen molar-refractivity contribution in [2.45, 2.75) is 37.0 Å². The minimum absolute atomic E-state index is 0.102. The van der Waals surface area contributed by atoms with Gasteiger partial charge in [0.2, 0.25) is 11.8 Å². The predicted molar refractivity (Wildman–Crippen MR) is 134 cm³/mol. The average Bonchev–Trinajstić information content (AvgIpc) is 3.27. The summed E-state index contributed by atoms with van der Waals surface area (Å²) in [6, 6.07) is 15.1. The lowest BCUT2D eigenvalue weighted by Crippen LogP contribution is -2.24. The van der Waals surface area contributed by atoms with E-state index in [1.807, 2.05) is 53.9 Å². The molecule has 1 aromatic heterocycles. The molecule has 0 atom stereocenters. The smallest absolute Gasteiger partial charge is 0.236 e. The van der Waals surface area contributed by atoms with Crippen LogP contribution in [0.15, 0.2) is 58.8 Å². The quantitative estimate of drug-likeness (QED) is 0.364. The van der Waals surface area contributed by atoms with Gasteiger partial charge >= 0.3 is 0 Å². The number of thiazole rings is 1. The number of benzene rings is 2. The average molecular weight is 486 g/mol. The molecule has 32 heavy (non-hydrogen) atoms. The highest BCUT2D eigenvalue weighted by Crippen LogP contribution is 2.28. The molecule has 2 amide bonds. The number of anilines is 2. The Labute approximate surface area is 201 Å². The molecular formula is C24H24ClN3O2S2. The van der Waals surface area contributed by atoms with Gasteiger partial charge in [-0.05, 0) is 43.2 Å². The van der Waals surface area contributed by atoms with Crippen molar-refractivity contribution >= 4 is 57.3 Å². The first-order chi connectivity index (χ1) is 15.6. The van der Waals surface area contributed by atoms with Gasteiger partial charge in [0.15, 0.2) is 5.13 Å². The third-order valence-corrected chi connectivity index (χ3v) is 7.34. The van der Waals surface area contributed by atoms with Crippen molar-refractivity contribution < 1.29 is 9.59 Å². The zero-order valence-corrected chi connectivity index (χ0v) is 19.9. The molecule has 2 N–H and O–H groups in total. The fourth-order valence-electron chi connectivity index (χ4n) is 3.66. The summed E-state index contributed by atoms with van der Waals surface area (Å²) in [5.41, 5.74) is 2.53. The maximum Gasteiger partial charge on any atom is 0.236 e. The molecule has 1 aliphatic carbocycles. The Morgan fingerprint density at radius 1 is 1.06 bits per heavy atom. The fourth-order valence-corrected chi connectivity index (χ4v) is 5.28. The van der Waals surface area contributed by atoms with Gasteiger partial charge in [0.25, 0.3) is 0 Å². The lowest BCUT2D eigenvalue weighted by molar-refractivity contribution is -0.120. The van der Waals surface area contributed by atoms with Crippen molar-refractivity contribution in [2.75, 3.05) is 16.4 Å². The Balaban J connectivity index is 1.28. The van der Waals surface area contributed by atoms with Gasteiger partial charge in [-0.15, -0.1) is 23.1 Å². The maximum absolute atomic E-state index is 12.5. The molecule has 0 bridgehead atoms. The minimum atomic E-state index is -0.122. The standard InChI is InChI=1S/C24H24ClN3O2S2/c25-18-11-9-16(10-12-18)21-14-32-24(27-21)28-22(29)15-31-20-8-4-7-19(13-20)26-23(30)17-5-2-1-3-6-17/h4,7-14,17H,1-3,5-6,15H2,(H,26,30)(H,27,28,29). The third kappa shape index (κ3) is 6.34. The van der Waals surface area contributed by atoms with E-state index in [2.05, 4.69) is 15.6 Å². The summed E-state index contributed by atoms with van der Waals surface area (Å²) in [6.45, 7) is 0. The first kappa shape index (κ1) is 22.8. The third-order valence-electron chi connectivity index (χ3n) is 5.34. The molecule has 2 aromatic carbocycles. The summed E-state index contributed by atoms with van der Waals surface area (Å²) in [7, 11) is 0. The van der Waals surface area contributed by atoms with Gasteiger partial charge in [-0.1, -0.05) is 49.1 Å². The summed E-state index contributed by atoms with van der Waals surface area (Å²) in [5.74, 6) is 0.353. The maximum atomic E-state index is 12.5. The van der Waals surface area contributed by atoms with Crippen molar-refractivity contribution in [1.29, 1.82) is 0 Å². The number of hydrogen-bond acceptors (Lipinski definition) is 5. The SMILES string of the molecule is O=C(CSc1cccc(NC(=O)C2CCCCC2)c1)Nc1nc(-c2ccc(Cl)cc2)cs1. The van der Waals surface area contributed by atoms with Crippen LogP contribution in [0.25, 0.3) is 11.3 Å². The Bertz CT molecular complexity index is 1080. The normalized spacial score (nSPS) is 14.2. The number of amides is 2. The second-order valence-corrected chi connectivity index (χ2v) is 10.1. The van der Waals surface area contributed by atoms with Crippen molar-refractivity contribution in [1.82, 2.24) is 4.98 Å². The van der Waals surface area contributed by atoms with Crippen molar-refractivity contribution in [3.8, 4) is 11.3 Å². The number of nitrogens with one attached hydrogen (secondary N) is 2. The Morgan fingerprint density at radius 3 is 2.62 bits per heavy atom. The van der Waals surface area contributed by atoms with Crippen molar-refractivity contribution in [2.24, 2.45) is 5.92 Å². The summed E-state index contributed by atoms with van der Waals surface area (Å²) in [6.07, 6.45) is 5.42. The molecule has 1 aliphatic rings. The molecule has 8 heteroatoms. The largest absolute Gasteiger partial charge is 0.326 e. The number of carbonyl (C=O) groups is 2. The molecular weight excluding hydrogens is 462 g/mol. The van der Waals surface area contributed by atoms with Crippen LogP contribution >= 0.6 is 34.7 Å². The molecule has 0 aliphatic heterocycles. The second kappa shape index (κ2) is 11.0. The molecule has 1 heterocycles. The van der Waals surface area contributed by atoms with E-state index in [1.54, 1.807) is 0 Å². The van der Waals surface area contributed by atoms with Crippen LogP contribution in [0, 0.1) is 5.92 Å². The molecule has 0 saturated heterocycles. The molecule has 1 fully saturated rings. The highest BCUT2D eigenvalue weighted by atomic mass is 35.5. The molecule has 166 valence electrons. The lowest BCUT2D eigenvalue weighted by atomic mass is 9.88. The van der Waals surface area contributed by atoms with Gasteiger partial charge in [-0.25, -0.2) is 4.98 Å². The Morgan fingerprint density at radius 2 is 1.84 bits per heavy atom. The van der Waals surface area contributed by atoms with Gasteiger partial charge in [0, 0.05) is 32.5 Å². The number of nitrogens with zero attached hydrogens (tertiary/aromatic N) is 1. The van der Waals surface area contributed by atoms with E-state index >= 15 is 0 Å². The minimum Gasteiger partial charge on any atom is -0.326 e. The summed E-state index contributed by atoms with van der Waals surface area (Å²) in [4.78, 5) is 30.3. The second-order valence-electron chi connectivity index (χ2n) is 7.73. The fraction of sp³-hybridized carbons (Fsp3) is 0.292. The highest BCUT2D eigenvalue weighted by molar-refractivity contribution is 8.00. The van der Waals surface area contributed by atoms with E-state index in [4.69, 9.17) is 11.6 Å². The van der Waals surface area contributed by atoms with Crippen LogP contribution in [0.4, 0.5) is 10.8 Å². The molecule has 0 spiro atoms. The number of halogens is 1. The van der Waals surface area contributed by atoms with Crippen LogP contribution in [0.2, 0.25) is 5.02 Å². The topological polar surface area (TPSA) is 71.1 Å². The van der Waals surface area contributed by atoms with Crippen LogP contribution in [0.3, 0.4) is 0 Å². The van der Waals surface area contributed by atoms with Crippen LogP contribution in [-0.4, -0.2) is 22.6 Å². The van der Waals surface area contributed by atoms with Crippen LogP contribution < -0.4 is 10.6 Å². The Kier molecular flexibility index (Phi) is 7.84. The molecule has 0 radical (unpaired) electrons. The predicted octanol–water partition coefficient (Wildman–Crippen LogP) is 6.71. The lowest BCUT2D eigenvalue weighted by Gasteiger charge is -2.20.